The number of hydrogen-bond acceptors (Lipinski definition) is 5. The summed E-state index contributed by atoms with van der Waals surface area (Å²) < 4.78 is 26.1. The molecule has 1 heterocycles. The molecule has 0 aliphatic carbocycles. The summed E-state index contributed by atoms with van der Waals surface area (Å²) in [6, 6.07) is 12.3. The molecule has 150 valence electrons. The summed E-state index contributed by atoms with van der Waals surface area (Å²) in [7, 11) is -3.48. The van der Waals surface area contributed by atoms with Crippen molar-refractivity contribution in [3.63, 3.8) is 0 Å². The van der Waals surface area contributed by atoms with Crippen LogP contribution in [0.25, 0.3) is 0 Å². The Morgan fingerprint density at radius 1 is 1.18 bits per heavy atom. The molecule has 2 aromatic rings. The number of benzene rings is 2. The standard InChI is InChI=1S/C19H23ClN4O3S/c1-28(26,27)23-17-12-14(6-7-18(17)24-10-8-21-9-11-24)19(25)22-13-15-4-2-3-5-16(15)20/h2-7,12,21,23H,8-11,13H2,1H3,(H,22,25). The topological polar surface area (TPSA) is 90.5 Å². The average Bonchev–Trinajstić information content (AvgIpc) is 2.66. The van der Waals surface area contributed by atoms with Crippen LogP contribution >= 0.6 is 11.6 Å². The van der Waals surface area contributed by atoms with E-state index in [9.17, 15) is 13.2 Å². The highest BCUT2D eigenvalue weighted by Crippen LogP contribution is 2.28. The molecular weight excluding hydrogens is 400 g/mol. The lowest BCUT2D eigenvalue weighted by Gasteiger charge is -2.31. The van der Waals surface area contributed by atoms with Crippen molar-refractivity contribution in [3.05, 3.63) is 58.6 Å². The lowest BCUT2D eigenvalue weighted by Crippen LogP contribution is -2.43. The summed E-state index contributed by atoms with van der Waals surface area (Å²) in [6.07, 6.45) is 1.10. The molecule has 28 heavy (non-hydrogen) atoms. The lowest BCUT2D eigenvalue weighted by molar-refractivity contribution is 0.0951. The van der Waals surface area contributed by atoms with Gasteiger partial charge in [-0.05, 0) is 29.8 Å². The van der Waals surface area contributed by atoms with E-state index in [0.29, 0.717) is 16.3 Å². The van der Waals surface area contributed by atoms with Gasteiger partial charge < -0.3 is 15.5 Å². The predicted octanol–water partition coefficient (Wildman–Crippen LogP) is 2.05. The van der Waals surface area contributed by atoms with E-state index in [1.807, 2.05) is 18.2 Å². The summed E-state index contributed by atoms with van der Waals surface area (Å²) in [4.78, 5) is 14.7. The van der Waals surface area contributed by atoms with Crippen LogP contribution in [0.1, 0.15) is 15.9 Å². The maximum Gasteiger partial charge on any atom is 0.251 e. The molecule has 1 fully saturated rings. The van der Waals surface area contributed by atoms with Crippen LogP contribution in [-0.2, 0) is 16.6 Å². The van der Waals surface area contributed by atoms with Gasteiger partial charge in [-0.15, -0.1) is 0 Å². The highest BCUT2D eigenvalue weighted by molar-refractivity contribution is 7.92. The first kappa shape index (κ1) is 20.4. The van der Waals surface area contributed by atoms with Crippen molar-refractivity contribution in [3.8, 4) is 0 Å². The highest BCUT2D eigenvalue weighted by atomic mass is 35.5. The molecule has 0 unspecified atom stereocenters. The maximum absolute atomic E-state index is 12.6. The number of hydrogen-bond donors (Lipinski definition) is 3. The minimum atomic E-state index is -3.48. The van der Waals surface area contributed by atoms with E-state index in [0.717, 1.165) is 43.7 Å². The van der Waals surface area contributed by atoms with Gasteiger partial charge in [-0.3, -0.25) is 9.52 Å². The van der Waals surface area contributed by atoms with Gasteiger partial charge >= 0.3 is 0 Å². The fraction of sp³-hybridized carbons (Fsp3) is 0.316. The number of sulfonamides is 1. The van der Waals surface area contributed by atoms with Gasteiger partial charge in [0.05, 0.1) is 17.6 Å². The Labute approximate surface area is 170 Å². The van der Waals surface area contributed by atoms with Crippen LogP contribution in [0.5, 0.6) is 0 Å². The van der Waals surface area contributed by atoms with E-state index in [1.165, 1.54) is 0 Å². The number of nitrogens with zero attached hydrogens (tertiary/aromatic N) is 1. The molecule has 1 aliphatic rings. The van der Waals surface area contributed by atoms with Crippen LogP contribution in [0.3, 0.4) is 0 Å². The third kappa shape index (κ3) is 5.37. The van der Waals surface area contributed by atoms with E-state index < -0.39 is 10.0 Å². The molecule has 0 atom stereocenters. The third-order valence-electron chi connectivity index (χ3n) is 4.41. The van der Waals surface area contributed by atoms with Gasteiger partial charge in [0.25, 0.3) is 5.91 Å². The summed E-state index contributed by atoms with van der Waals surface area (Å²) in [5.41, 5.74) is 2.34. The van der Waals surface area contributed by atoms with Crippen LogP contribution in [0.2, 0.25) is 5.02 Å². The zero-order valence-electron chi connectivity index (χ0n) is 15.5. The average molecular weight is 423 g/mol. The first-order chi connectivity index (χ1) is 13.3. The van der Waals surface area contributed by atoms with Gasteiger partial charge in [0.1, 0.15) is 0 Å². The fourth-order valence-corrected chi connectivity index (χ4v) is 3.83. The van der Waals surface area contributed by atoms with Gasteiger partial charge in [-0.25, -0.2) is 8.42 Å². The van der Waals surface area contributed by atoms with Gasteiger partial charge in [-0.1, -0.05) is 29.8 Å². The number of piperazine rings is 1. The first-order valence-corrected chi connectivity index (χ1v) is 11.2. The molecule has 3 N–H and O–H groups in total. The van der Waals surface area contributed by atoms with E-state index in [1.54, 1.807) is 24.3 Å². The Bertz CT molecular complexity index is 959. The molecule has 9 heteroatoms. The Balaban J connectivity index is 1.81. The zero-order chi connectivity index (χ0) is 20.1. The Morgan fingerprint density at radius 2 is 1.89 bits per heavy atom. The van der Waals surface area contributed by atoms with Gasteiger partial charge in [0.15, 0.2) is 0 Å². The second kappa shape index (κ2) is 8.81. The molecule has 1 aliphatic heterocycles. The van der Waals surface area contributed by atoms with E-state index in [4.69, 9.17) is 11.6 Å². The number of halogens is 1. The zero-order valence-corrected chi connectivity index (χ0v) is 17.1. The van der Waals surface area contributed by atoms with Crippen molar-refractivity contribution >= 4 is 38.9 Å². The van der Waals surface area contributed by atoms with Gasteiger partial charge in [-0.2, -0.15) is 0 Å². The number of anilines is 2. The van der Waals surface area contributed by atoms with Crippen molar-refractivity contribution < 1.29 is 13.2 Å². The van der Waals surface area contributed by atoms with Crippen molar-refractivity contribution in [2.24, 2.45) is 0 Å². The lowest BCUT2D eigenvalue weighted by atomic mass is 10.1. The van der Waals surface area contributed by atoms with Gasteiger partial charge in [0, 0.05) is 43.3 Å². The Morgan fingerprint density at radius 3 is 2.57 bits per heavy atom. The third-order valence-corrected chi connectivity index (χ3v) is 5.37. The largest absolute Gasteiger partial charge is 0.367 e. The smallest absolute Gasteiger partial charge is 0.251 e. The number of nitrogens with one attached hydrogen (secondary N) is 3. The van der Waals surface area contributed by atoms with Crippen LogP contribution in [0.4, 0.5) is 11.4 Å². The van der Waals surface area contributed by atoms with Crippen molar-refractivity contribution in [2.45, 2.75) is 6.54 Å². The Kier molecular flexibility index (Phi) is 6.43. The summed E-state index contributed by atoms with van der Waals surface area (Å²) >= 11 is 6.12. The number of rotatable bonds is 6. The second-order valence-corrected chi connectivity index (χ2v) is 8.77. The number of amides is 1. The summed E-state index contributed by atoms with van der Waals surface area (Å²) in [5.74, 6) is -0.302. The van der Waals surface area contributed by atoms with Crippen LogP contribution in [0, 0.1) is 0 Å². The highest BCUT2D eigenvalue weighted by Gasteiger charge is 2.18. The molecule has 1 amide bonds. The quantitative estimate of drug-likeness (QED) is 0.662. The van der Waals surface area contributed by atoms with E-state index in [-0.39, 0.29) is 12.5 Å². The number of carbonyl (C=O) groups excluding carboxylic acids is 1. The molecule has 7 nitrogen and oxygen atoms in total. The van der Waals surface area contributed by atoms with Crippen LogP contribution < -0.4 is 20.3 Å². The van der Waals surface area contributed by atoms with Crippen LogP contribution in [-0.4, -0.2) is 46.8 Å². The number of carbonyl (C=O) groups is 1. The summed E-state index contributed by atoms with van der Waals surface area (Å²) in [5, 5.41) is 6.66. The molecule has 0 bridgehead atoms. The molecule has 0 spiro atoms. The second-order valence-electron chi connectivity index (χ2n) is 6.62. The molecule has 3 rings (SSSR count). The SMILES string of the molecule is CS(=O)(=O)Nc1cc(C(=O)NCc2ccccc2Cl)ccc1N1CCNCC1. The molecule has 1 saturated heterocycles. The minimum Gasteiger partial charge on any atom is -0.367 e. The van der Waals surface area contributed by atoms with Crippen molar-refractivity contribution in [1.82, 2.24) is 10.6 Å². The Hall–Kier alpha value is -2.29. The molecule has 0 radical (unpaired) electrons. The molecule has 0 aromatic heterocycles. The molecule has 2 aromatic carbocycles. The monoisotopic (exact) mass is 422 g/mol. The molecular formula is C19H23ClN4O3S. The fourth-order valence-electron chi connectivity index (χ4n) is 3.06. The van der Waals surface area contributed by atoms with Gasteiger partial charge in [0.2, 0.25) is 10.0 Å². The minimum absolute atomic E-state index is 0.285. The van der Waals surface area contributed by atoms with Crippen molar-refractivity contribution in [2.75, 3.05) is 42.1 Å². The van der Waals surface area contributed by atoms with E-state index >= 15 is 0 Å². The maximum atomic E-state index is 12.6. The molecule has 0 saturated carbocycles. The van der Waals surface area contributed by atoms with E-state index in [2.05, 4.69) is 20.3 Å². The summed E-state index contributed by atoms with van der Waals surface area (Å²) in [6.45, 7) is 3.44. The normalized spacial score (nSPS) is 14.6. The van der Waals surface area contributed by atoms with Crippen molar-refractivity contribution in [1.29, 1.82) is 0 Å². The first-order valence-electron chi connectivity index (χ1n) is 8.92. The van der Waals surface area contributed by atoms with Crippen LogP contribution in [0.15, 0.2) is 42.5 Å². The predicted molar refractivity (Wildman–Crippen MR) is 113 cm³/mol.